The number of piperazine rings is 1. The Kier molecular flexibility index (Phi) is 18.2. The molecule has 0 unspecified atom stereocenters. The average molecular weight is 366 g/mol. The minimum Gasteiger partial charge on any atom is -0.660 e. The summed E-state index contributed by atoms with van der Waals surface area (Å²) in [6.07, 6.45) is 4.94. The Morgan fingerprint density at radius 3 is 1.47 bits per heavy atom. The third-order valence-electron chi connectivity index (χ3n) is 2.71. The maximum absolute atomic E-state index is 4.19. The minimum atomic E-state index is 0. The van der Waals surface area contributed by atoms with Crippen LogP contribution in [0.5, 0.6) is 0 Å². The van der Waals surface area contributed by atoms with Crippen molar-refractivity contribution in [3.63, 3.8) is 0 Å². The molecule has 0 atom stereocenters. The van der Waals surface area contributed by atoms with Crippen LogP contribution in [0, 0.1) is 42.0 Å². The van der Waals surface area contributed by atoms with E-state index < -0.39 is 0 Å². The van der Waals surface area contributed by atoms with Crippen molar-refractivity contribution in [3.05, 3.63) is 11.7 Å². The van der Waals surface area contributed by atoms with Crippen LogP contribution in [0.25, 0.3) is 5.32 Å². The molecule has 101 valence electrons. The Hall–Kier alpha value is 1.07. The molecule has 2 aliphatic rings. The molecule has 0 aromatic carbocycles. The molecule has 0 bridgehead atoms. The molecule has 2 aliphatic heterocycles. The molecule has 17 heavy (non-hydrogen) atoms. The van der Waals surface area contributed by atoms with Crippen LogP contribution < -0.4 is 0 Å². The predicted octanol–water partition coefficient (Wildman–Crippen LogP) is 2.25. The van der Waals surface area contributed by atoms with Gasteiger partial charge in [0.2, 0.25) is 0 Å². The summed E-state index contributed by atoms with van der Waals surface area (Å²) in [7, 11) is 4.31. The molecule has 0 aromatic heterocycles. The van der Waals surface area contributed by atoms with E-state index in [0.29, 0.717) is 0 Å². The molecule has 2 saturated heterocycles. The first-order valence-corrected chi connectivity index (χ1v) is 6.61. The van der Waals surface area contributed by atoms with Crippen molar-refractivity contribution in [1.29, 1.82) is 0 Å². The maximum atomic E-state index is 4.19. The Balaban J connectivity index is 0. The summed E-state index contributed by atoms with van der Waals surface area (Å²) in [6, 6.07) is 0. The number of hydrogen-bond acceptors (Lipinski definition) is 2. The van der Waals surface area contributed by atoms with Gasteiger partial charge in [-0.1, -0.05) is 13.8 Å². The van der Waals surface area contributed by atoms with Gasteiger partial charge in [-0.3, -0.25) is 0 Å². The molecule has 2 heterocycles. The van der Waals surface area contributed by atoms with E-state index in [-0.39, 0.29) is 35.6 Å². The third-order valence-corrected chi connectivity index (χ3v) is 2.71. The third kappa shape index (κ3) is 13.3. The summed E-state index contributed by atoms with van der Waals surface area (Å²) in [6.45, 7) is 10.9. The monoisotopic (exact) mass is 366 g/mol. The normalized spacial score (nSPS) is 21.2. The summed E-state index contributed by atoms with van der Waals surface area (Å²) < 4.78 is 0. The van der Waals surface area contributed by atoms with Crippen LogP contribution in [0.3, 0.4) is 0 Å². The number of hydrogen-bond donors (Lipinski definition) is 0. The van der Waals surface area contributed by atoms with E-state index in [1.54, 1.807) is 0 Å². The zero-order valence-electron chi connectivity index (χ0n) is 12.2. The van der Waals surface area contributed by atoms with Crippen LogP contribution >= 0.6 is 0 Å². The van der Waals surface area contributed by atoms with Gasteiger partial charge in [0.15, 0.2) is 0 Å². The van der Waals surface area contributed by atoms with E-state index in [9.17, 15) is 0 Å². The van der Waals surface area contributed by atoms with Crippen molar-refractivity contribution in [3.8, 4) is 0 Å². The second-order valence-electron chi connectivity index (χ2n) is 4.14. The fourth-order valence-electron chi connectivity index (χ4n) is 1.59. The molecule has 4 heteroatoms. The van der Waals surface area contributed by atoms with Crippen molar-refractivity contribution < 1.29 is 35.6 Å². The van der Waals surface area contributed by atoms with Gasteiger partial charge in [-0.25, -0.2) is 0 Å². The minimum absolute atomic E-state index is 0. The number of likely N-dealkylation sites (N-methyl/N-ethyl adjacent to an activating group) is 1. The van der Waals surface area contributed by atoms with E-state index in [1.165, 1.54) is 25.9 Å². The van der Waals surface area contributed by atoms with Crippen molar-refractivity contribution in [1.82, 2.24) is 9.80 Å². The number of likely N-dealkylation sites (tertiary alicyclic amines) is 1. The SMILES string of the molecule is CC.CN1CC[CH-]CC1.CN1CC[N-]CC1.[La]. The molecule has 2 fully saturated rings. The molecule has 0 aromatic rings. The first kappa shape index (κ1) is 20.4. The standard InChI is InChI=1S/C6H12N.C5H11N2.C2H6.La/c1-7-5-3-2-4-6-7;1-7-4-2-6-3-5-7;1-2;/h2H,3-6H2,1H3;2-5H2,1H3;1-2H3;/q2*-1;;. The second-order valence-corrected chi connectivity index (χ2v) is 4.14. The molecule has 0 amide bonds. The largest absolute Gasteiger partial charge is 0.660 e. The Morgan fingerprint density at radius 1 is 0.824 bits per heavy atom. The summed E-state index contributed by atoms with van der Waals surface area (Å²) >= 11 is 0. The zero-order valence-corrected chi connectivity index (χ0v) is 15.8. The Morgan fingerprint density at radius 2 is 1.24 bits per heavy atom. The van der Waals surface area contributed by atoms with Crippen LogP contribution in [-0.4, -0.2) is 63.2 Å². The molecular weight excluding hydrogens is 337 g/mol. The summed E-state index contributed by atoms with van der Waals surface area (Å²) in [4.78, 5) is 4.66. The van der Waals surface area contributed by atoms with Crippen molar-refractivity contribution in [2.75, 3.05) is 53.4 Å². The van der Waals surface area contributed by atoms with Crippen molar-refractivity contribution >= 4 is 0 Å². The molecule has 0 aliphatic carbocycles. The summed E-state index contributed by atoms with van der Waals surface area (Å²) in [5.74, 6) is 0. The van der Waals surface area contributed by atoms with Gasteiger partial charge in [-0.05, 0) is 40.3 Å². The summed E-state index contributed by atoms with van der Waals surface area (Å²) in [5.41, 5.74) is 0. The van der Waals surface area contributed by atoms with Crippen LogP contribution in [0.4, 0.5) is 0 Å². The maximum Gasteiger partial charge on any atom is 0 e. The van der Waals surface area contributed by atoms with E-state index in [1.807, 2.05) is 13.8 Å². The van der Waals surface area contributed by atoms with Crippen molar-refractivity contribution in [2.24, 2.45) is 0 Å². The average Bonchev–Trinajstić information content (AvgIpc) is 2.34. The molecule has 0 saturated carbocycles. The van der Waals surface area contributed by atoms with E-state index in [0.717, 1.165) is 26.2 Å². The predicted molar refractivity (Wildman–Crippen MR) is 73.0 cm³/mol. The van der Waals surface area contributed by atoms with Gasteiger partial charge in [0.1, 0.15) is 0 Å². The van der Waals surface area contributed by atoms with Gasteiger partial charge < -0.3 is 21.5 Å². The second kappa shape index (κ2) is 15.1. The molecule has 1 radical (unpaired) electrons. The van der Waals surface area contributed by atoms with Gasteiger partial charge in [0.05, 0.1) is 0 Å². The van der Waals surface area contributed by atoms with E-state index in [2.05, 4.69) is 35.6 Å². The van der Waals surface area contributed by atoms with Crippen LogP contribution in [0.2, 0.25) is 0 Å². The first-order chi connectivity index (χ1) is 7.79. The molecule has 3 nitrogen and oxygen atoms in total. The number of nitrogens with zero attached hydrogens (tertiary/aromatic N) is 3. The zero-order chi connectivity index (χ0) is 12.2. The fourth-order valence-corrected chi connectivity index (χ4v) is 1.59. The van der Waals surface area contributed by atoms with Crippen LogP contribution in [0.1, 0.15) is 26.7 Å². The van der Waals surface area contributed by atoms with Gasteiger partial charge in [0.25, 0.3) is 0 Å². The van der Waals surface area contributed by atoms with Gasteiger partial charge in [-0.15, -0.1) is 13.1 Å². The van der Waals surface area contributed by atoms with E-state index >= 15 is 0 Å². The number of piperidine rings is 1. The quantitative estimate of drug-likeness (QED) is 0.613. The number of rotatable bonds is 0. The molecule has 2 rings (SSSR count). The summed E-state index contributed by atoms with van der Waals surface area (Å²) in [5, 5.41) is 4.19. The van der Waals surface area contributed by atoms with E-state index in [4.69, 9.17) is 0 Å². The van der Waals surface area contributed by atoms with Gasteiger partial charge >= 0.3 is 0 Å². The topological polar surface area (TPSA) is 20.6 Å². The van der Waals surface area contributed by atoms with Crippen LogP contribution in [0.15, 0.2) is 0 Å². The van der Waals surface area contributed by atoms with Gasteiger partial charge in [-0.2, -0.15) is 12.8 Å². The smallest absolute Gasteiger partial charge is 0 e. The molecule has 0 N–H and O–H groups in total. The Bertz CT molecular complexity index is 117. The fraction of sp³-hybridized carbons (Fsp3) is 0.923. The van der Waals surface area contributed by atoms with Gasteiger partial charge in [0, 0.05) is 35.6 Å². The van der Waals surface area contributed by atoms with Crippen molar-refractivity contribution in [2.45, 2.75) is 26.7 Å². The Labute approximate surface area is 136 Å². The molecular formula is C13H29LaN3-2. The van der Waals surface area contributed by atoms with Crippen LogP contribution in [-0.2, 0) is 0 Å². The first-order valence-electron chi connectivity index (χ1n) is 6.61. The molecule has 0 spiro atoms.